The van der Waals surface area contributed by atoms with Crippen LogP contribution in [0.1, 0.15) is 12.0 Å². The summed E-state index contributed by atoms with van der Waals surface area (Å²) < 4.78 is 18.5. The molecule has 0 atom stereocenters. The lowest BCUT2D eigenvalue weighted by molar-refractivity contribution is -0.139. The molecule has 5 nitrogen and oxygen atoms in total. The molecule has 6 heteroatoms. The summed E-state index contributed by atoms with van der Waals surface area (Å²) >= 11 is 0. The van der Waals surface area contributed by atoms with Gasteiger partial charge in [0.05, 0.1) is 0 Å². The predicted octanol–water partition coefficient (Wildman–Crippen LogP) is 2.82. The van der Waals surface area contributed by atoms with Crippen molar-refractivity contribution in [3.8, 4) is 5.75 Å². The van der Waals surface area contributed by atoms with Crippen molar-refractivity contribution in [1.82, 2.24) is 0 Å². The molecular formula is C16H14FNO4. The third-order valence-electron chi connectivity index (χ3n) is 2.74. The molecule has 2 aromatic carbocycles. The number of hydrogen-bond donors (Lipinski definition) is 2. The zero-order valence-electron chi connectivity index (χ0n) is 11.6. The molecule has 0 bridgehead atoms. The van der Waals surface area contributed by atoms with Crippen LogP contribution in [0.15, 0.2) is 48.5 Å². The molecule has 0 unspecified atom stereocenters. The van der Waals surface area contributed by atoms with Gasteiger partial charge in [0.1, 0.15) is 24.6 Å². The largest absolute Gasteiger partial charge is 0.489 e. The van der Waals surface area contributed by atoms with E-state index in [-0.39, 0.29) is 12.4 Å². The van der Waals surface area contributed by atoms with E-state index in [1.165, 1.54) is 12.1 Å². The lowest BCUT2D eigenvalue weighted by Gasteiger charge is -2.08. The lowest BCUT2D eigenvalue weighted by atomic mass is 10.2. The van der Waals surface area contributed by atoms with Crippen LogP contribution in [0.4, 0.5) is 10.1 Å². The molecule has 0 saturated heterocycles. The van der Waals surface area contributed by atoms with Crippen molar-refractivity contribution >= 4 is 17.6 Å². The quantitative estimate of drug-likeness (QED) is 0.805. The van der Waals surface area contributed by atoms with E-state index in [2.05, 4.69) is 5.32 Å². The fourth-order valence-electron chi connectivity index (χ4n) is 1.77. The first-order chi connectivity index (χ1) is 10.5. The smallest absolute Gasteiger partial charge is 0.312 e. The average Bonchev–Trinajstić information content (AvgIpc) is 2.46. The Morgan fingerprint density at radius 3 is 2.50 bits per heavy atom. The number of carbonyl (C=O) groups is 2. The van der Waals surface area contributed by atoms with Crippen molar-refractivity contribution < 1.29 is 23.8 Å². The van der Waals surface area contributed by atoms with Gasteiger partial charge in [0, 0.05) is 5.69 Å². The molecule has 0 spiro atoms. The summed E-state index contributed by atoms with van der Waals surface area (Å²) in [5.41, 5.74) is 1.18. The van der Waals surface area contributed by atoms with Crippen LogP contribution < -0.4 is 10.1 Å². The van der Waals surface area contributed by atoms with Gasteiger partial charge < -0.3 is 15.2 Å². The van der Waals surface area contributed by atoms with Gasteiger partial charge in [-0.3, -0.25) is 9.59 Å². The summed E-state index contributed by atoms with van der Waals surface area (Å²) in [5, 5.41) is 11.0. The summed E-state index contributed by atoms with van der Waals surface area (Å²) in [5.74, 6) is -1.55. The summed E-state index contributed by atoms with van der Waals surface area (Å²) in [6.45, 7) is 0.225. The normalized spacial score (nSPS) is 10.0. The van der Waals surface area contributed by atoms with Gasteiger partial charge in [0.2, 0.25) is 5.91 Å². The van der Waals surface area contributed by atoms with Crippen LogP contribution >= 0.6 is 0 Å². The SMILES string of the molecule is O=C(O)CC(=O)Nc1ccc(OCc2cccc(F)c2)cc1. The molecule has 0 aliphatic carbocycles. The number of amides is 1. The Kier molecular flexibility index (Phi) is 5.08. The number of carboxylic acid groups (broad SMARTS) is 1. The second-order valence-corrected chi connectivity index (χ2v) is 4.56. The summed E-state index contributed by atoms with van der Waals surface area (Å²) in [6.07, 6.45) is -0.585. The number of carboxylic acids is 1. The van der Waals surface area contributed by atoms with E-state index in [1.54, 1.807) is 36.4 Å². The highest BCUT2D eigenvalue weighted by Gasteiger charge is 2.07. The highest BCUT2D eigenvalue weighted by atomic mass is 19.1. The van der Waals surface area contributed by atoms with Gasteiger partial charge >= 0.3 is 5.97 Å². The fraction of sp³-hybridized carbons (Fsp3) is 0.125. The van der Waals surface area contributed by atoms with E-state index in [0.717, 1.165) is 0 Å². The molecule has 0 aliphatic heterocycles. The zero-order chi connectivity index (χ0) is 15.9. The molecule has 0 aromatic heterocycles. The van der Waals surface area contributed by atoms with Crippen LogP contribution in [-0.4, -0.2) is 17.0 Å². The molecule has 22 heavy (non-hydrogen) atoms. The molecule has 114 valence electrons. The highest BCUT2D eigenvalue weighted by molar-refractivity contribution is 6.01. The Bertz CT molecular complexity index is 670. The van der Waals surface area contributed by atoms with Gasteiger partial charge in [-0.05, 0) is 42.0 Å². The van der Waals surface area contributed by atoms with Crippen molar-refractivity contribution in [3.05, 3.63) is 59.9 Å². The first-order valence-electron chi connectivity index (χ1n) is 6.52. The number of ether oxygens (including phenoxy) is 1. The van der Waals surface area contributed by atoms with Gasteiger partial charge in [-0.15, -0.1) is 0 Å². The molecule has 0 fully saturated rings. The summed E-state index contributed by atoms with van der Waals surface area (Å²) in [4.78, 5) is 21.7. The van der Waals surface area contributed by atoms with Gasteiger partial charge in [0.15, 0.2) is 0 Å². The number of aliphatic carboxylic acids is 1. The molecule has 1 amide bonds. The summed E-state index contributed by atoms with van der Waals surface area (Å²) in [6, 6.07) is 12.6. The number of benzene rings is 2. The Labute approximate surface area is 126 Å². The zero-order valence-corrected chi connectivity index (χ0v) is 11.6. The van der Waals surface area contributed by atoms with Crippen molar-refractivity contribution in [2.75, 3.05) is 5.32 Å². The van der Waals surface area contributed by atoms with E-state index >= 15 is 0 Å². The first-order valence-corrected chi connectivity index (χ1v) is 6.52. The van der Waals surface area contributed by atoms with Crippen LogP contribution in [0.25, 0.3) is 0 Å². The number of anilines is 1. The van der Waals surface area contributed by atoms with Crippen molar-refractivity contribution in [2.45, 2.75) is 13.0 Å². The van der Waals surface area contributed by atoms with E-state index in [4.69, 9.17) is 9.84 Å². The fourth-order valence-corrected chi connectivity index (χ4v) is 1.77. The Morgan fingerprint density at radius 1 is 1.14 bits per heavy atom. The third-order valence-corrected chi connectivity index (χ3v) is 2.74. The number of hydrogen-bond acceptors (Lipinski definition) is 3. The minimum atomic E-state index is -1.19. The van der Waals surface area contributed by atoms with Crippen LogP contribution in [-0.2, 0) is 16.2 Å². The highest BCUT2D eigenvalue weighted by Crippen LogP contribution is 2.17. The average molecular weight is 303 g/mol. The van der Waals surface area contributed by atoms with Crippen LogP contribution in [0.5, 0.6) is 5.75 Å². The molecule has 2 N–H and O–H groups in total. The van der Waals surface area contributed by atoms with E-state index < -0.39 is 18.3 Å². The second kappa shape index (κ2) is 7.21. The topological polar surface area (TPSA) is 75.6 Å². The third kappa shape index (κ3) is 4.90. The second-order valence-electron chi connectivity index (χ2n) is 4.56. The number of halogens is 1. The van der Waals surface area contributed by atoms with Crippen molar-refractivity contribution in [1.29, 1.82) is 0 Å². The van der Waals surface area contributed by atoms with Crippen molar-refractivity contribution in [2.24, 2.45) is 0 Å². The Hall–Kier alpha value is -2.89. The minimum absolute atomic E-state index is 0.225. The maximum absolute atomic E-state index is 13.0. The monoisotopic (exact) mass is 303 g/mol. The van der Waals surface area contributed by atoms with Gasteiger partial charge in [-0.2, -0.15) is 0 Å². The standard InChI is InChI=1S/C16H14FNO4/c17-12-3-1-2-11(8-12)10-22-14-6-4-13(5-7-14)18-15(19)9-16(20)21/h1-8H,9-10H2,(H,18,19)(H,20,21). The minimum Gasteiger partial charge on any atom is -0.489 e. The molecule has 0 heterocycles. The first kappa shape index (κ1) is 15.5. The Morgan fingerprint density at radius 2 is 1.86 bits per heavy atom. The van der Waals surface area contributed by atoms with Crippen LogP contribution in [0.2, 0.25) is 0 Å². The summed E-state index contributed by atoms with van der Waals surface area (Å²) in [7, 11) is 0. The molecule has 0 radical (unpaired) electrons. The van der Waals surface area contributed by atoms with Crippen molar-refractivity contribution in [3.63, 3.8) is 0 Å². The predicted molar refractivity (Wildman–Crippen MR) is 78.1 cm³/mol. The molecule has 2 rings (SSSR count). The molecular weight excluding hydrogens is 289 g/mol. The number of rotatable bonds is 6. The maximum Gasteiger partial charge on any atom is 0.312 e. The van der Waals surface area contributed by atoms with Crippen LogP contribution in [0, 0.1) is 5.82 Å². The molecule has 0 saturated carbocycles. The lowest BCUT2D eigenvalue weighted by Crippen LogP contribution is -2.15. The van der Waals surface area contributed by atoms with E-state index in [1.807, 2.05) is 0 Å². The molecule has 2 aromatic rings. The van der Waals surface area contributed by atoms with E-state index in [9.17, 15) is 14.0 Å². The molecule has 0 aliphatic rings. The Balaban J connectivity index is 1.89. The van der Waals surface area contributed by atoms with Gasteiger partial charge in [0.25, 0.3) is 0 Å². The van der Waals surface area contributed by atoms with Gasteiger partial charge in [-0.1, -0.05) is 12.1 Å². The van der Waals surface area contributed by atoms with E-state index in [0.29, 0.717) is 17.0 Å². The van der Waals surface area contributed by atoms with Crippen LogP contribution in [0.3, 0.4) is 0 Å². The van der Waals surface area contributed by atoms with Gasteiger partial charge in [-0.25, -0.2) is 4.39 Å². The number of carbonyl (C=O) groups excluding carboxylic acids is 1. The maximum atomic E-state index is 13.0. The number of nitrogens with one attached hydrogen (secondary N) is 1.